The van der Waals surface area contributed by atoms with Crippen molar-refractivity contribution in [2.24, 2.45) is 22.9 Å². The lowest BCUT2D eigenvalue weighted by Gasteiger charge is -2.47. The topological polar surface area (TPSA) is 183 Å². The fourth-order valence-electron chi connectivity index (χ4n) is 3.61. The van der Waals surface area contributed by atoms with Gasteiger partial charge in [0.25, 0.3) is 0 Å². The maximum atomic E-state index is 11.9. The molecule has 0 bridgehead atoms. The van der Waals surface area contributed by atoms with Gasteiger partial charge >= 0.3 is 0 Å². The van der Waals surface area contributed by atoms with E-state index in [1.165, 1.54) is 11.9 Å². The number of hydrogen-bond acceptors (Lipinski definition) is 9. The van der Waals surface area contributed by atoms with E-state index in [0.717, 1.165) is 6.42 Å². The summed E-state index contributed by atoms with van der Waals surface area (Å²) in [4.78, 5) is 13.2. The zero-order chi connectivity index (χ0) is 19.6. The molecule has 30 heavy (non-hydrogen) atoms. The number of aliphatic hydroxyl groups excluding tert-OH is 2. The van der Waals surface area contributed by atoms with Crippen LogP contribution >= 0.6 is 49.6 Å². The zero-order valence-corrected chi connectivity index (χ0v) is 20.3. The van der Waals surface area contributed by atoms with Crippen molar-refractivity contribution in [2.75, 3.05) is 13.6 Å². The van der Waals surface area contributed by atoms with E-state index in [-0.39, 0.29) is 80.6 Å². The van der Waals surface area contributed by atoms with Crippen molar-refractivity contribution in [1.29, 1.82) is 0 Å². The molecule has 0 radical (unpaired) electrons. The van der Waals surface area contributed by atoms with E-state index in [4.69, 9.17) is 32.4 Å². The van der Waals surface area contributed by atoms with Gasteiger partial charge in [0.2, 0.25) is 5.91 Å². The van der Waals surface area contributed by atoms with Crippen molar-refractivity contribution in [3.63, 3.8) is 0 Å². The maximum Gasteiger partial charge on any atom is 0.236 e. The first-order chi connectivity index (χ1) is 12.2. The zero-order valence-electron chi connectivity index (χ0n) is 17.0. The monoisotopic (exact) mass is 519 g/mol. The summed E-state index contributed by atoms with van der Waals surface area (Å²) in [6, 6.07) is -2.10. The molecule has 0 aromatic rings. The Hall–Kier alpha value is 0.310. The minimum atomic E-state index is -1.11. The average Bonchev–Trinajstić information content (AvgIpc) is 2.61. The van der Waals surface area contributed by atoms with Crippen molar-refractivity contribution in [2.45, 2.75) is 81.1 Å². The molecule has 0 spiro atoms. The number of carbonyl (C=O) groups is 1. The normalized spacial score (nSPS) is 36.7. The van der Waals surface area contributed by atoms with Gasteiger partial charge in [-0.1, -0.05) is 0 Å². The number of amides is 1. The lowest BCUT2D eigenvalue weighted by Crippen LogP contribution is -2.66. The van der Waals surface area contributed by atoms with Crippen molar-refractivity contribution in [3.8, 4) is 0 Å². The van der Waals surface area contributed by atoms with Crippen LogP contribution in [0.25, 0.3) is 0 Å². The minimum absolute atomic E-state index is 0. The maximum absolute atomic E-state index is 11.9. The number of hydrogen-bond donors (Lipinski definition) is 6. The molecule has 1 saturated carbocycles. The van der Waals surface area contributed by atoms with Gasteiger partial charge in [-0.3, -0.25) is 4.79 Å². The van der Waals surface area contributed by atoms with Crippen molar-refractivity contribution in [3.05, 3.63) is 0 Å². The van der Waals surface area contributed by atoms with Crippen LogP contribution in [0.4, 0.5) is 0 Å². The fourth-order valence-corrected chi connectivity index (χ4v) is 3.61. The number of nitrogens with two attached hydrogens (primary N) is 4. The Morgan fingerprint density at radius 2 is 1.77 bits per heavy atom. The van der Waals surface area contributed by atoms with Gasteiger partial charge in [-0.2, -0.15) is 0 Å². The van der Waals surface area contributed by atoms with Crippen LogP contribution in [0.2, 0.25) is 0 Å². The second-order valence-corrected chi connectivity index (χ2v) is 7.39. The number of ether oxygens (including phenoxy) is 2. The highest BCUT2D eigenvalue weighted by Gasteiger charge is 2.47. The quantitative estimate of drug-likeness (QED) is 0.250. The number of aliphatic hydroxyl groups is 2. The number of likely N-dealkylation sites (N-methyl/N-ethyl adjacent to an activating group) is 1. The first kappa shape index (κ1) is 34.9. The smallest absolute Gasteiger partial charge is 0.236 e. The molecule has 10 N–H and O–H groups in total. The lowest BCUT2D eigenvalue weighted by molar-refractivity contribution is -0.256. The molecule has 184 valence electrons. The Morgan fingerprint density at radius 1 is 1.20 bits per heavy atom. The predicted molar refractivity (Wildman–Crippen MR) is 124 cm³/mol. The molecule has 2 aliphatic rings. The number of rotatable bonds is 5. The van der Waals surface area contributed by atoms with Gasteiger partial charge < -0.3 is 47.5 Å². The summed E-state index contributed by atoms with van der Waals surface area (Å²) in [5, 5.41) is 21.0. The van der Waals surface area contributed by atoms with Gasteiger partial charge in [0, 0.05) is 13.1 Å². The summed E-state index contributed by atoms with van der Waals surface area (Å²) in [6.45, 7) is 1.65. The fraction of sp³-hybridized carbons (Fsp3) is 0.938. The summed E-state index contributed by atoms with van der Waals surface area (Å²) in [7, 11) is 1.53. The largest absolute Gasteiger partial charge is 0.391 e. The van der Waals surface area contributed by atoms with Crippen molar-refractivity contribution < 1.29 is 24.5 Å². The molecule has 9 atom stereocenters. The Balaban J connectivity index is -0.00000182. The van der Waals surface area contributed by atoms with E-state index in [0.29, 0.717) is 6.42 Å². The van der Waals surface area contributed by atoms with Gasteiger partial charge in [-0.25, -0.2) is 0 Å². The van der Waals surface area contributed by atoms with Crippen LogP contribution < -0.4 is 22.9 Å². The van der Waals surface area contributed by atoms with Crippen LogP contribution in [-0.4, -0.2) is 89.5 Å². The average molecular weight is 521 g/mol. The Bertz CT molecular complexity index is 499. The lowest BCUT2D eigenvalue weighted by atomic mass is 9.83. The van der Waals surface area contributed by atoms with Gasteiger partial charge in [-0.15, -0.1) is 49.6 Å². The number of halogens is 4. The third-order valence-corrected chi connectivity index (χ3v) is 5.42. The van der Waals surface area contributed by atoms with Gasteiger partial charge in [0.15, 0.2) is 6.29 Å². The highest BCUT2D eigenvalue weighted by atomic mass is 35.5. The Morgan fingerprint density at radius 3 is 2.27 bits per heavy atom. The summed E-state index contributed by atoms with van der Waals surface area (Å²) in [5.74, 6) is -0.349. The molecule has 0 aromatic heterocycles. The molecular formula is C16H37Cl4N5O5. The second-order valence-electron chi connectivity index (χ2n) is 7.39. The van der Waals surface area contributed by atoms with Gasteiger partial charge in [-0.05, 0) is 26.2 Å². The number of carbonyl (C=O) groups excluding carboxylic acids is 1. The van der Waals surface area contributed by atoms with Gasteiger partial charge in [0.1, 0.15) is 12.2 Å². The first-order valence-corrected chi connectivity index (χ1v) is 9.06. The second kappa shape index (κ2) is 15.2. The SMILES string of the molecule is CC(N)C1CCC(N)C(OC2C(N)C(O)CC(N(C)C(=O)CN)C2O)O1.Cl.Cl.Cl.Cl. The predicted octanol–water partition coefficient (Wildman–Crippen LogP) is -1.52. The Labute approximate surface area is 202 Å². The molecule has 2 fully saturated rings. The highest BCUT2D eigenvalue weighted by molar-refractivity contribution is 5.86. The van der Waals surface area contributed by atoms with Gasteiger partial charge in [0.05, 0.1) is 36.9 Å². The van der Waals surface area contributed by atoms with E-state index < -0.39 is 42.7 Å². The van der Waals surface area contributed by atoms with E-state index in [1.807, 2.05) is 6.92 Å². The highest BCUT2D eigenvalue weighted by Crippen LogP contribution is 2.29. The summed E-state index contributed by atoms with van der Waals surface area (Å²) in [6.07, 6.45) is -2.51. The minimum Gasteiger partial charge on any atom is -0.391 e. The van der Waals surface area contributed by atoms with Crippen LogP contribution in [0.5, 0.6) is 0 Å². The molecule has 1 heterocycles. The molecular weight excluding hydrogens is 484 g/mol. The van der Waals surface area contributed by atoms with Crippen LogP contribution in [0.15, 0.2) is 0 Å². The number of nitrogens with zero attached hydrogens (tertiary/aromatic N) is 1. The van der Waals surface area contributed by atoms with Crippen LogP contribution in [0, 0.1) is 0 Å². The van der Waals surface area contributed by atoms with Crippen LogP contribution in [-0.2, 0) is 14.3 Å². The van der Waals surface area contributed by atoms with Crippen LogP contribution in [0.3, 0.4) is 0 Å². The van der Waals surface area contributed by atoms with Crippen molar-refractivity contribution in [1.82, 2.24) is 4.90 Å². The third-order valence-electron chi connectivity index (χ3n) is 5.42. The molecule has 1 aliphatic carbocycles. The molecule has 0 aromatic carbocycles. The molecule has 1 aliphatic heterocycles. The summed E-state index contributed by atoms with van der Waals surface area (Å²) >= 11 is 0. The molecule has 1 saturated heterocycles. The molecule has 14 heteroatoms. The molecule has 2 rings (SSSR count). The summed E-state index contributed by atoms with van der Waals surface area (Å²) < 4.78 is 11.7. The summed E-state index contributed by atoms with van der Waals surface area (Å²) in [5.41, 5.74) is 23.4. The van der Waals surface area contributed by atoms with E-state index in [9.17, 15) is 15.0 Å². The van der Waals surface area contributed by atoms with Crippen LogP contribution in [0.1, 0.15) is 26.2 Å². The molecule has 9 unspecified atom stereocenters. The van der Waals surface area contributed by atoms with Crippen molar-refractivity contribution >= 4 is 55.5 Å². The molecule has 1 amide bonds. The van der Waals surface area contributed by atoms with E-state index >= 15 is 0 Å². The van der Waals surface area contributed by atoms with E-state index in [2.05, 4.69) is 0 Å². The third kappa shape index (κ3) is 8.02. The first-order valence-electron chi connectivity index (χ1n) is 9.06. The van der Waals surface area contributed by atoms with E-state index in [1.54, 1.807) is 0 Å². The standard InChI is InChI=1S/C16H33N5O5.4ClH/c1-7(18)11-4-3-8(19)16(25-11)26-15-13(20)10(22)5-9(14(15)24)21(2)12(23)6-17;;;;/h7-11,13-16,22,24H,3-6,17-20H2,1-2H3;4*1H. The Kier molecular flexibility index (Phi) is 17.7. The molecule has 10 nitrogen and oxygen atoms in total.